The van der Waals surface area contributed by atoms with Crippen LogP contribution in [0.25, 0.3) is 11.3 Å². The molecule has 8 nitrogen and oxygen atoms in total. The molecule has 166 valence electrons. The maximum absolute atomic E-state index is 12.8. The Balaban J connectivity index is 1.44. The molecule has 0 bridgehead atoms. The Labute approximate surface area is 194 Å². The van der Waals surface area contributed by atoms with Gasteiger partial charge in [0, 0.05) is 49.1 Å². The van der Waals surface area contributed by atoms with E-state index < -0.39 is 0 Å². The number of aromatic nitrogens is 3. The van der Waals surface area contributed by atoms with Crippen molar-refractivity contribution in [1.82, 2.24) is 14.5 Å². The van der Waals surface area contributed by atoms with Crippen molar-refractivity contribution in [3.8, 4) is 11.3 Å². The molecule has 0 atom stereocenters. The van der Waals surface area contributed by atoms with Crippen molar-refractivity contribution in [3.63, 3.8) is 0 Å². The van der Waals surface area contributed by atoms with Gasteiger partial charge in [0.1, 0.15) is 0 Å². The number of amides is 2. The van der Waals surface area contributed by atoms with E-state index in [0.29, 0.717) is 33.5 Å². The lowest BCUT2D eigenvalue weighted by Crippen LogP contribution is -2.15. The van der Waals surface area contributed by atoms with E-state index in [2.05, 4.69) is 20.6 Å². The molecule has 0 aliphatic rings. The SMILES string of the molecule is CC(=O)c1sc(NC(=O)c2cccc(NC(=O)CCn3ccnc3)c2)nc1-c1ccccc1. The first-order valence-electron chi connectivity index (χ1n) is 10.2. The van der Waals surface area contributed by atoms with Crippen LogP contribution in [0.4, 0.5) is 10.8 Å². The highest BCUT2D eigenvalue weighted by Crippen LogP contribution is 2.31. The van der Waals surface area contributed by atoms with Crippen molar-refractivity contribution in [1.29, 1.82) is 0 Å². The van der Waals surface area contributed by atoms with Crippen LogP contribution in [0.5, 0.6) is 0 Å². The number of imidazole rings is 1. The fourth-order valence-electron chi connectivity index (χ4n) is 3.18. The predicted octanol–water partition coefficient (Wildman–Crippen LogP) is 4.49. The number of carbonyl (C=O) groups is 3. The first kappa shape index (κ1) is 22.1. The molecule has 0 spiro atoms. The molecule has 0 fully saturated rings. The molecule has 2 aromatic heterocycles. The molecule has 2 heterocycles. The maximum Gasteiger partial charge on any atom is 0.257 e. The second-order valence-electron chi connectivity index (χ2n) is 7.25. The van der Waals surface area contributed by atoms with Gasteiger partial charge in [0.05, 0.1) is 16.9 Å². The molecule has 0 radical (unpaired) electrons. The predicted molar refractivity (Wildman–Crippen MR) is 127 cm³/mol. The molecule has 4 rings (SSSR count). The van der Waals surface area contributed by atoms with Gasteiger partial charge in [-0.1, -0.05) is 47.7 Å². The van der Waals surface area contributed by atoms with Gasteiger partial charge in [-0.05, 0) is 18.2 Å². The van der Waals surface area contributed by atoms with Crippen molar-refractivity contribution in [2.75, 3.05) is 10.6 Å². The van der Waals surface area contributed by atoms with Crippen LogP contribution in [-0.4, -0.2) is 32.1 Å². The zero-order valence-electron chi connectivity index (χ0n) is 17.8. The van der Waals surface area contributed by atoms with Crippen LogP contribution < -0.4 is 10.6 Å². The number of benzene rings is 2. The van der Waals surface area contributed by atoms with Crippen molar-refractivity contribution < 1.29 is 14.4 Å². The number of hydrogen-bond donors (Lipinski definition) is 2. The second-order valence-corrected chi connectivity index (χ2v) is 8.25. The average molecular weight is 460 g/mol. The summed E-state index contributed by atoms with van der Waals surface area (Å²) in [4.78, 5) is 46.0. The number of ketones is 1. The minimum atomic E-state index is -0.382. The summed E-state index contributed by atoms with van der Waals surface area (Å²) < 4.78 is 1.82. The zero-order valence-corrected chi connectivity index (χ0v) is 18.6. The molecule has 2 aromatic carbocycles. The third kappa shape index (κ3) is 5.58. The Morgan fingerprint density at radius 2 is 1.85 bits per heavy atom. The lowest BCUT2D eigenvalue weighted by molar-refractivity contribution is -0.116. The van der Waals surface area contributed by atoms with E-state index in [0.717, 1.165) is 16.9 Å². The third-order valence-corrected chi connectivity index (χ3v) is 5.85. The molecule has 0 saturated heterocycles. The topological polar surface area (TPSA) is 106 Å². The quantitative estimate of drug-likeness (QED) is 0.378. The Bertz CT molecular complexity index is 1280. The van der Waals surface area contributed by atoms with Crippen LogP contribution in [-0.2, 0) is 11.3 Å². The number of anilines is 2. The van der Waals surface area contributed by atoms with Crippen molar-refractivity contribution in [3.05, 3.63) is 83.8 Å². The van der Waals surface area contributed by atoms with E-state index in [4.69, 9.17) is 0 Å². The number of aryl methyl sites for hydroxylation is 1. The zero-order chi connectivity index (χ0) is 23.2. The summed E-state index contributed by atoms with van der Waals surface area (Å²) in [6.45, 7) is 1.99. The van der Waals surface area contributed by atoms with E-state index in [-0.39, 0.29) is 24.0 Å². The van der Waals surface area contributed by atoms with E-state index in [1.165, 1.54) is 6.92 Å². The van der Waals surface area contributed by atoms with Gasteiger partial charge in [-0.15, -0.1) is 0 Å². The number of carbonyl (C=O) groups excluding carboxylic acids is 3. The third-order valence-electron chi connectivity index (χ3n) is 4.78. The fraction of sp³-hybridized carbons (Fsp3) is 0.125. The van der Waals surface area contributed by atoms with Gasteiger partial charge in [-0.2, -0.15) is 0 Å². The van der Waals surface area contributed by atoms with Crippen molar-refractivity contribution in [2.24, 2.45) is 0 Å². The lowest BCUT2D eigenvalue weighted by atomic mass is 10.1. The van der Waals surface area contributed by atoms with Gasteiger partial charge in [0.25, 0.3) is 5.91 Å². The molecule has 0 aliphatic carbocycles. The van der Waals surface area contributed by atoms with Crippen LogP contribution in [0.1, 0.15) is 33.4 Å². The summed E-state index contributed by atoms with van der Waals surface area (Å²) in [5.41, 5.74) is 2.23. The number of hydrogen-bond acceptors (Lipinski definition) is 6. The van der Waals surface area contributed by atoms with Crippen LogP contribution in [0.15, 0.2) is 73.3 Å². The van der Waals surface area contributed by atoms with Gasteiger partial charge in [0.2, 0.25) is 5.91 Å². The van der Waals surface area contributed by atoms with Crippen LogP contribution >= 0.6 is 11.3 Å². The monoisotopic (exact) mass is 459 g/mol. The number of thiazole rings is 1. The first-order valence-corrected chi connectivity index (χ1v) is 11.1. The van der Waals surface area contributed by atoms with Crippen LogP contribution in [0.2, 0.25) is 0 Å². The summed E-state index contributed by atoms with van der Waals surface area (Å²) in [6.07, 6.45) is 5.38. The molecular weight excluding hydrogens is 438 g/mol. The van der Waals surface area contributed by atoms with Crippen molar-refractivity contribution in [2.45, 2.75) is 19.9 Å². The summed E-state index contributed by atoms with van der Waals surface area (Å²) in [5, 5.41) is 5.90. The Morgan fingerprint density at radius 1 is 1.03 bits per heavy atom. The minimum Gasteiger partial charge on any atom is -0.337 e. The second kappa shape index (κ2) is 10.0. The lowest BCUT2D eigenvalue weighted by Gasteiger charge is -2.08. The van der Waals surface area contributed by atoms with Crippen molar-refractivity contribution >= 4 is 39.8 Å². The Morgan fingerprint density at radius 3 is 2.58 bits per heavy atom. The van der Waals surface area contributed by atoms with E-state index >= 15 is 0 Å². The maximum atomic E-state index is 12.8. The molecule has 9 heteroatoms. The van der Waals surface area contributed by atoms with Gasteiger partial charge < -0.3 is 9.88 Å². The highest BCUT2D eigenvalue weighted by molar-refractivity contribution is 7.18. The van der Waals surface area contributed by atoms with E-state index in [1.807, 2.05) is 34.9 Å². The Hall–Kier alpha value is -4.11. The summed E-state index contributed by atoms with van der Waals surface area (Å²) in [5.74, 6) is -0.667. The molecule has 2 N–H and O–H groups in total. The Kier molecular flexibility index (Phi) is 6.70. The minimum absolute atomic E-state index is 0.118. The molecule has 0 aliphatic heterocycles. The van der Waals surface area contributed by atoms with Gasteiger partial charge in [-0.25, -0.2) is 9.97 Å². The number of nitrogens with one attached hydrogen (secondary N) is 2. The number of nitrogens with zero attached hydrogens (tertiary/aromatic N) is 3. The highest BCUT2D eigenvalue weighted by Gasteiger charge is 2.18. The fourth-order valence-corrected chi connectivity index (χ4v) is 4.06. The number of rotatable bonds is 8. The highest BCUT2D eigenvalue weighted by atomic mass is 32.1. The standard InChI is InChI=1S/C24H21N5O3S/c1-16(30)22-21(17-6-3-2-4-7-17)27-24(33-22)28-23(32)18-8-5-9-19(14-18)26-20(31)10-12-29-13-11-25-15-29/h2-9,11,13-15H,10,12H2,1H3,(H,26,31)(H,27,28,32). The number of Topliss-reactive ketones (excluding diaryl/α,β-unsaturated/α-hetero) is 1. The van der Waals surface area contributed by atoms with Gasteiger partial charge >= 0.3 is 0 Å². The summed E-state index contributed by atoms with van der Waals surface area (Å²) in [7, 11) is 0. The van der Waals surface area contributed by atoms with E-state index in [9.17, 15) is 14.4 Å². The smallest absolute Gasteiger partial charge is 0.257 e. The molecule has 0 unspecified atom stereocenters. The van der Waals surface area contributed by atoms with E-state index in [1.54, 1.807) is 43.0 Å². The largest absolute Gasteiger partial charge is 0.337 e. The van der Waals surface area contributed by atoms with Crippen LogP contribution in [0, 0.1) is 0 Å². The molecule has 0 saturated carbocycles. The van der Waals surface area contributed by atoms with Gasteiger partial charge in [0.15, 0.2) is 10.9 Å². The molecule has 33 heavy (non-hydrogen) atoms. The normalized spacial score (nSPS) is 10.6. The summed E-state index contributed by atoms with van der Waals surface area (Å²) in [6, 6.07) is 16.0. The first-order chi connectivity index (χ1) is 16.0. The average Bonchev–Trinajstić information content (AvgIpc) is 3.49. The molecule has 4 aromatic rings. The molecule has 2 amide bonds. The van der Waals surface area contributed by atoms with Crippen LogP contribution in [0.3, 0.4) is 0 Å². The molecular formula is C24H21N5O3S. The summed E-state index contributed by atoms with van der Waals surface area (Å²) >= 11 is 1.14. The van der Waals surface area contributed by atoms with Gasteiger partial charge in [-0.3, -0.25) is 19.7 Å².